The van der Waals surface area contributed by atoms with Gasteiger partial charge >= 0.3 is 0 Å². The molecule has 1 aromatic rings. The number of rotatable bonds is 2. The lowest BCUT2D eigenvalue weighted by Crippen LogP contribution is -2.20. The van der Waals surface area contributed by atoms with Crippen LogP contribution in [-0.2, 0) is 4.74 Å². The van der Waals surface area contributed by atoms with Crippen molar-refractivity contribution >= 4 is 23.0 Å². The van der Waals surface area contributed by atoms with Gasteiger partial charge in [0.1, 0.15) is 0 Å². The van der Waals surface area contributed by atoms with E-state index in [1.807, 2.05) is 36.3 Å². The molecule has 3 nitrogen and oxygen atoms in total. The molecular formula is C12H15ClN2O. The molecule has 0 saturated carbocycles. The van der Waals surface area contributed by atoms with E-state index in [-0.39, 0.29) is 0 Å². The van der Waals surface area contributed by atoms with E-state index < -0.39 is 0 Å². The van der Waals surface area contributed by atoms with Crippen molar-refractivity contribution in [1.82, 2.24) is 0 Å². The summed E-state index contributed by atoms with van der Waals surface area (Å²) >= 11 is 5.84. The number of benzene rings is 1. The molecule has 0 atom stereocenters. The lowest BCUT2D eigenvalue weighted by molar-refractivity contribution is 0.134. The van der Waals surface area contributed by atoms with Crippen molar-refractivity contribution in [3.8, 4) is 0 Å². The molecule has 1 heterocycles. The van der Waals surface area contributed by atoms with Crippen LogP contribution in [0.5, 0.6) is 0 Å². The molecule has 0 aromatic heterocycles. The molecule has 86 valence electrons. The normalized spacial score (nSPS) is 16.0. The maximum atomic E-state index is 5.84. The Labute approximate surface area is 101 Å². The van der Waals surface area contributed by atoms with E-state index in [2.05, 4.69) is 5.10 Å². The van der Waals surface area contributed by atoms with Gasteiger partial charge in [0, 0.05) is 30.6 Å². The first kappa shape index (κ1) is 11.4. The second kappa shape index (κ2) is 5.32. The molecule has 1 aromatic carbocycles. The first-order valence-corrected chi connectivity index (χ1v) is 5.77. The number of anilines is 1. The maximum absolute atomic E-state index is 5.84. The quantitative estimate of drug-likeness (QED) is 0.740. The molecule has 4 heteroatoms. The Hall–Kier alpha value is -1.06. The molecule has 0 aliphatic carbocycles. The SMILES string of the molecule is CN(N=C1CCOCC1)c1ccc(Cl)cc1. The van der Waals surface area contributed by atoms with Crippen LogP contribution >= 0.6 is 11.6 Å². The fraction of sp³-hybridized carbons (Fsp3) is 0.417. The zero-order chi connectivity index (χ0) is 11.4. The van der Waals surface area contributed by atoms with Crippen molar-refractivity contribution in [1.29, 1.82) is 0 Å². The second-order valence-corrected chi connectivity index (χ2v) is 4.22. The number of hydrazone groups is 1. The van der Waals surface area contributed by atoms with Gasteiger partial charge in [0.25, 0.3) is 0 Å². The topological polar surface area (TPSA) is 24.8 Å². The van der Waals surface area contributed by atoms with E-state index in [0.717, 1.165) is 36.8 Å². The van der Waals surface area contributed by atoms with Crippen LogP contribution in [0.4, 0.5) is 5.69 Å². The number of ether oxygens (including phenoxy) is 1. The molecule has 0 bridgehead atoms. The molecule has 0 spiro atoms. The second-order valence-electron chi connectivity index (χ2n) is 3.78. The van der Waals surface area contributed by atoms with E-state index in [9.17, 15) is 0 Å². The van der Waals surface area contributed by atoms with Crippen LogP contribution in [0.15, 0.2) is 29.4 Å². The van der Waals surface area contributed by atoms with Crippen LogP contribution in [0.1, 0.15) is 12.8 Å². The fourth-order valence-corrected chi connectivity index (χ4v) is 1.76. The summed E-state index contributed by atoms with van der Waals surface area (Å²) in [5.41, 5.74) is 2.24. The van der Waals surface area contributed by atoms with Gasteiger partial charge in [0.15, 0.2) is 0 Å². The zero-order valence-corrected chi connectivity index (χ0v) is 10.1. The third kappa shape index (κ3) is 2.97. The van der Waals surface area contributed by atoms with Gasteiger partial charge in [-0.1, -0.05) is 11.6 Å². The molecule has 1 aliphatic heterocycles. The third-order valence-electron chi connectivity index (χ3n) is 2.56. The standard InChI is InChI=1S/C12H15ClN2O/c1-15(12-4-2-10(13)3-5-12)14-11-6-8-16-9-7-11/h2-5H,6-9H2,1H3. The molecule has 1 saturated heterocycles. The van der Waals surface area contributed by atoms with Gasteiger partial charge in [-0.25, -0.2) is 0 Å². The summed E-state index contributed by atoms with van der Waals surface area (Å²) in [5, 5.41) is 7.19. The molecule has 16 heavy (non-hydrogen) atoms. The zero-order valence-electron chi connectivity index (χ0n) is 9.32. The molecule has 2 rings (SSSR count). The number of halogens is 1. The van der Waals surface area contributed by atoms with Crippen LogP contribution in [-0.4, -0.2) is 26.0 Å². The van der Waals surface area contributed by atoms with Gasteiger partial charge in [-0.3, -0.25) is 5.01 Å². The molecule has 0 radical (unpaired) electrons. The minimum Gasteiger partial charge on any atom is -0.381 e. The van der Waals surface area contributed by atoms with Crippen molar-refractivity contribution in [2.75, 3.05) is 25.3 Å². The highest BCUT2D eigenvalue weighted by Gasteiger charge is 2.08. The Kier molecular flexibility index (Phi) is 3.80. The highest BCUT2D eigenvalue weighted by atomic mass is 35.5. The lowest BCUT2D eigenvalue weighted by atomic mass is 10.2. The van der Waals surface area contributed by atoms with Crippen LogP contribution < -0.4 is 5.01 Å². The number of nitrogens with zero attached hydrogens (tertiary/aromatic N) is 2. The van der Waals surface area contributed by atoms with E-state index in [1.54, 1.807) is 0 Å². The summed E-state index contributed by atoms with van der Waals surface area (Å²) in [6.07, 6.45) is 1.86. The molecule has 1 aliphatic rings. The summed E-state index contributed by atoms with van der Waals surface area (Å²) in [5.74, 6) is 0. The van der Waals surface area contributed by atoms with Gasteiger partial charge in [0.2, 0.25) is 0 Å². The van der Waals surface area contributed by atoms with Crippen molar-refractivity contribution < 1.29 is 4.74 Å². The van der Waals surface area contributed by atoms with E-state index in [1.165, 1.54) is 5.71 Å². The third-order valence-corrected chi connectivity index (χ3v) is 2.81. The minimum absolute atomic E-state index is 0.746. The summed E-state index contributed by atoms with van der Waals surface area (Å²) in [4.78, 5) is 0. The lowest BCUT2D eigenvalue weighted by Gasteiger charge is -2.18. The average Bonchev–Trinajstić information content (AvgIpc) is 2.31. The summed E-state index contributed by atoms with van der Waals surface area (Å²) in [6, 6.07) is 7.67. The van der Waals surface area contributed by atoms with Crippen LogP contribution in [0.2, 0.25) is 5.02 Å². The highest BCUT2D eigenvalue weighted by Crippen LogP contribution is 2.17. The first-order valence-electron chi connectivity index (χ1n) is 5.39. The first-order chi connectivity index (χ1) is 7.75. The Balaban J connectivity index is 2.06. The average molecular weight is 239 g/mol. The summed E-state index contributed by atoms with van der Waals surface area (Å²) in [6.45, 7) is 1.57. The predicted octanol–water partition coefficient (Wildman–Crippen LogP) is 2.94. The molecule has 1 fully saturated rings. The van der Waals surface area contributed by atoms with Gasteiger partial charge in [-0.2, -0.15) is 5.10 Å². The van der Waals surface area contributed by atoms with Gasteiger partial charge in [0.05, 0.1) is 18.9 Å². The number of hydrogen-bond acceptors (Lipinski definition) is 3. The van der Waals surface area contributed by atoms with E-state index >= 15 is 0 Å². The van der Waals surface area contributed by atoms with Crippen molar-refractivity contribution in [2.45, 2.75) is 12.8 Å². The fourth-order valence-electron chi connectivity index (χ4n) is 1.63. The summed E-state index contributed by atoms with van der Waals surface area (Å²) in [7, 11) is 1.95. The minimum atomic E-state index is 0.746. The van der Waals surface area contributed by atoms with Crippen molar-refractivity contribution in [2.24, 2.45) is 5.10 Å². The predicted molar refractivity (Wildman–Crippen MR) is 67.3 cm³/mol. The number of hydrogen-bond donors (Lipinski definition) is 0. The molecule has 0 unspecified atom stereocenters. The Morgan fingerprint density at radius 2 is 1.81 bits per heavy atom. The van der Waals surface area contributed by atoms with Crippen molar-refractivity contribution in [3.05, 3.63) is 29.3 Å². The largest absolute Gasteiger partial charge is 0.381 e. The Morgan fingerprint density at radius 1 is 1.19 bits per heavy atom. The molecule has 0 amide bonds. The summed E-state index contributed by atoms with van der Waals surface area (Å²) < 4.78 is 5.29. The molecular weight excluding hydrogens is 224 g/mol. The Morgan fingerprint density at radius 3 is 2.44 bits per heavy atom. The smallest absolute Gasteiger partial charge is 0.0591 e. The van der Waals surface area contributed by atoms with Gasteiger partial charge < -0.3 is 4.74 Å². The van der Waals surface area contributed by atoms with Crippen LogP contribution in [0, 0.1) is 0 Å². The highest BCUT2D eigenvalue weighted by molar-refractivity contribution is 6.30. The van der Waals surface area contributed by atoms with E-state index in [4.69, 9.17) is 16.3 Å². The van der Waals surface area contributed by atoms with Crippen LogP contribution in [0.3, 0.4) is 0 Å². The van der Waals surface area contributed by atoms with Crippen molar-refractivity contribution in [3.63, 3.8) is 0 Å². The maximum Gasteiger partial charge on any atom is 0.0591 e. The Bertz CT molecular complexity index is 367. The van der Waals surface area contributed by atoms with Gasteiger partial charge in [-0.05, 0) is 24.3 Å². The van der Waals surface area contributed by atoms with Crippen LogP contribution in [0.25, 0.3) is 0 Å². The monoisotopic (exact) mass is 238 g/mol. The van der Waals surface area contributed by atoms with Gasteiger partial charge in [-0.15, -0.1) is 0 Å². The van der Waals surface area contributed by atoms with E-state index in [0.29, 0.717) is 0 Å². The molecule has 0 N–H and O–H groups in total.